The standard InChI is InChI=1S/C30H30ClNO7/c1-17(2)39-20-11-8-10-18(13-20)27-26(28(33)21-14-25(38-5)22(31)15-24(21)37-4)29(34)30(35)32(27)16-19-9-6-7-12-23(19)36-3/h6-15,17,27,33H,16H2,1-5H3/b28-26+. The lowest BCUT2D eigenvalue weighted by Gasteiger charge is -2.26. The minimum Gasteiger partial charge on any atom is -0.507 e. The third-order valence-corrected chi connectivity index (χ3v) is 6.64. The zero-order valence-electron chi connectivity index (χ0n) is 22.4. The molecule has 1 unspecified atom stereocenters. The van der Waals surface area contributed by atoms with E-state index in [0.29, 0.717) is 22.6 Å². The van der Waals surface area contributed by atoms with Crippen molar-refractivity contribution in [3.05, 3.63) is 87.9 Å². The summed E-state index contributed by atoms with van der Waals surface area (Å²) in [4.78, 5) is 28.5. The van der Waals surface area contributed by atoms with Gasteiger partial charge in [-0.3, -0.25) is 9.59 Å². The molecular weight excluding hydrogens is 522 g/mol. The van der Waals surface area contributed by atoms with Crippen LogP contribution < -0.4 is 18.9 Å². The molecule has 0 spiro atoms. The van der Waals surface area contributed by atoms with Gasteiger partial charge in [-0.2, -0.15) is 0 Å². The number of carbonyl (C=O) groups is 2. The minimum absolute atomic E-state index is 0.0619. The molecule has 39 heavy (non-hydrogen) atoms. The number of hydrogen-bond acceptors (Lipinski definition) is 7. The van der Waals surface area contributed by atoms with E-state index >= 15 is 0 Å². The highest BCUT2D eigenvalue weighted by molar-refractivity contribution is 6.46. The van der Waals surface area contributed by atoms with Crippen molar-refractivity contribution < 1.29 is 33.6 Å². The second kappa shape index (κ2) is 11.7. The molecule has 0 aliphatic carbocycles. The van der Waals surface area contributed by atoms with Crippen molar-refractivity contribution in [2.45, 2.75) is 32.5 Å². The Kier molecular flexibility index (Phi) is 8.35. The van der Waals surface area contributed by atoms with Crippen molar-refractivity contribution in [1.82, 2.24) is 4.90 Å². The predicted octanol–water partition coefficient (Wildman–Crippen LogP) is 5.77. The molecule has 1 atom stereocenters. The number of aliphatic hydroxyl groups is 1. The van der Waals surface area contributed by atoms with Crippen LogP contribution in [0.25, 0.3) is 5.76 Å². The second-order valence-corrected chi connectivity index (χ2v) is 9.57. The smallest absolute Gasteiger partial charge is 0.295 e. The Balaban J connectivity index is 1.94. The lowest BCUT2D eigenvalue weighted by Crippen LogP contribution is -2.29. The number of ketones is 1. The monoisotopic (exact) mass is 551 g/mol. The van der Waals surface area contributed by atoms with Crippen molar-refractivity contribution in [1.29, 1.82) is 0 Å². The number of hydrogen-bond donors (Lipinski definition) is 1. The third kappa shape index (κ3) is 5.52. The summed E-state index contributed by atoms with van der Waals surface area (Å²) in [5.41, 5.74) is 1.35. The number of benzene rings is 3. The highest BCUT2D eigenvalue weighted by Crippen LogP contribution is 2.44. The SMILES string of the molecule is COc1cc(/C(O)=C2\C(=O)C(=O)N(Cc3ccccc3OC)C2c2cccc(OC(C)C)c2)c(OC)cc1Cl. The lowest BCUT2D eigenvalue weighted by molar-refractivity contribution is -0.140. The molecule has 0 bridgehead atoms. The molecular formula is C30H30ClNO7. The van der Waals surface area contributed by atoms with Crippen LogP contribution in [-0.4, -0.2) is 49.1 Å². The Bertz CT molecular complexity index is 1430. The number of para-hydroxylation sites is 1. The summed E-state index contributed by atoms with van der Waals surface area (Å²) >= 11 is 6.26. The van der Waals surface area contributed by atoms with Crippen molar-refractivity contribution in [2.24, 2.45) is 0 Å². The van der Waals surface area contributed by atoms with E-state index in [1.165, 1.54) is 38.4 Å². The Labute approximate surface area is 232 Å². The molecule has 4 rings (SSSR count). The van der Waals surface area contributed by atoms with Gasteiger partial charge in [-0.15, -0.1) is 0 Å². The van der Waals surface area contributed by atoms with Gasteiger partial charge in [-0.1, -0.05) is 41.9 Å². The number of nitrogens with zero attached hydrogens (tertiary/aromatic N) is 1. The zero-order chi connectivity index (χ0) is 28.3. The van der Waals surface area contributed by atoms with Crippen molar-refractivity contribution in [3.63, 3.8) is 0 Å². The van der Waals surface area contributed by atoms with E-state index in [2.05, 4.69) is 0 Å². The normalized spacial score (nSPS) is 16.5. The zero-order valence-corrected chi connectivity index (χ0v) is 23.1. The van der Waals surface area contributed by atoms with Gasteiger partial charge in [0.05, 0.1) is 56.2 Å². The van der Waals surface area contributed by atoms with Crippen LogP contribution in [0, 0.1) is 0 Å². The number of aliphatic hydroxyl groups excluding tert-OH is 1. The fraction of sp³-hybridized carbons (Fsp3) is 0.267. The number of methoxy groups -OCH3 is 3. The molecule has 1 fully saturated rings. The summed E-state index contributed by atoms with van der Waals surface area (Å²) in [6.45, 7) is 3.87. The summed E-state index contributed by atoms with van der Waals surface area (Å²) in [6, 6.07) is 16.4. The summed E-state index contributed by atoms with van der Waals surface area (Å²) in [5, 5.41) is 11.9. The van der Waals surface area contributed by atoms with E-state index in [-0.39, 0.29) is 40.3 Å². The van der Waals surface area contributed by atoms with E-state index < -0.39 is 23.5 Å². The Morgan fingerprint density at radius 1 is 0.923 bits per heavy atom. The van der Waals surface area contributed by atoms with Crippen molar-refractivity contribution in [3.8, 4) is 23.0 Å². The maximum Gasteiger partial charge on any atom is 0.295 e. The maximum absolute atomic E-state index is 13.6. The second-order valence-electron chi connectivity index (χ2n) is 9.16. The van der Waals surface area contributed by atoms with Crippen LogP contribution in [0.15, 0.2) is 66.2 Å². The molecule has 1 aliphatic rings. The molecule has 0 saturated carbocycles. The summed E-state index contributed by atoms with van der Waals surface area (Å²) < 4.78 is 22.1. The molecule has 8 nitrogen and oxygen atoms in total. The largest absolute Gasteiger partial charge is 0.507 e. The predicted molar refractivity (Wildman–Crippen MR) is 148 cm³/mol. The van der Waals surface area contributed by atoms with Gasteiger partial charge in [0.25, 0.3) is 11.7 Å². The third-order valence-electron chi connectivity index (χ3n) is 6.35. The Hall–Kier alpha value is -4.17. The van der Waals surface area contributed by atoms with Crippen LogP contribution in [-0.2, 0) is 16.1 Å². The fourth-order valence-corrected chi connectivity index (χ4v) is 4.86. The average Bonchev–Trinajstić information content (AvgIpc) is 3.17. The van der Waals surface area contributed by atoms with Gasteiger partial charge in [0.2, 0.25) is 0 Å². The van der Waals surface area contributed by atoms with Gasteiger partial charge in [-0.25, -0.2) is 0 Å². The van der Waals surface area contributed by atoms with E-state index in [4.69, 9.17) is 30.5 Å². The van der Waals surface area contributed by atoms with Crippen LogP contribution in [0.4, 0.5) is 0 Å². The van der Waals surface area contributed by atoms with E-state index in [1.54, 1.807) is 30.3 Å². The molecule has 204 valence electrons. The van der Waals surface area contributed by atoms with Gasteiger partial charge >= 0.3 is 0 Å². The number of ether oxygens (including phenoxy) is 4. The first-order chi connectivity index (χ1) is 18.7. The van der Waals surface area contributed by atoms with Gasteiger partial charge < -0.3 is 29.0 Å². The lowest BCUT2D eigenvalue weighted by atomic mass is 9.94. The molecule has 9 heteroatoms. The Morgan fingerprint density at radius 3 is 2.28 bits per heavy atom. The van der Waals surface area contributed by atoms with E-state index in [1.807, 2.05) is 32.0 Å². The highest BCUT2D eigenvalue weighted by Gasteiger charge is 2.46. The van der Waals surface area contributed by atoms with Crippen LogP contribution in [0.2, 0.25) is 5.02 Å². The average molecular weight is 552 g/mol. The first-order valence-electron chi connectivity index (χ1n) is 12.3. The van der Waals surface area contributed by atoms with Gasteiger partial charge in [0.15, 0.2) is 0 Å². The number of likely N-dealkylation sites (tertiary alicyclic amines) is 1. The first-order valence-corrected chi connectivity index (χ1v) is 12.7. The molecule has 3 aromatic carbocycles. The van der Waals surface area contributed by atoms with Gasteiger partial charge in [-0.05, 0) is 43.7 Å². The van der Waals surface area contributed by atoms with Crippen molar-refractivity contribution in [2.75, 3.05) is 21.3 Å². The molecule has 1 heterocycles. The quantitative estimate of drug-likeness (QED) is 0.205. The Morgan fingerprint density at radius 2 is 1.62 bits per heavy atom. The number of rotatable bonds is 9. The molecule has 1 saturated heterocycles. The van der Waals surface area contributed by atoms with Crippen LogP contribution in [0.3, 0.4) is 0 Å². The number of amides is 1. The number of carbonyl (C=O) groups excluding carboxylic acids is 2. The molecule has 3 aromatic rings. The van der Waals surface area contributed by atoms with Crippen LogP contribution in [0.1, 0.15) is 36.6 Å². The maximum atomic E-state index is 13.6. The summed E-state index contributed by atoms with van der Waals surface area (Å²) in [7, 11) is 4.39. The van der Waals surface area contributed by atoms with Crippen LogP contribution >= 0.6 is 11.6 Å². The van der Waals surface area contributed by atoms with E-state index in [0.717, 1.165) is 0 Å². The molecule has 0 aromatic heterocycles. The minimum atomic E-state index is -0.933. The molecule has 1 aliphatic heterocycles. The topological polar surface area (TPSA) is 94.5 Å². The van der Waals surface area contributed by atoms with Gasteiger partial charge in [0, 0.05) is 11.6 Å². The van der Waals surface area contributed by atoms with E-state index in [9.17, 15) is 14.7 Å². The first kappa shape index (κ1) is 27.9. The fourth-order valence-electron chi connectivity index (χ4n) is 4.63. The summed E-state index contributed by atoms with van der Waals surface area (Å²) in [6.07, 6.45) is -0.0917. The van der Waals surface area contributed by atoms with Gasteiger partial charge in [0.1, 0.15) is 28.8 Å². The van der Waals surface area contributed by atoms with Crippen LogP contribution in [0.5, 0.6) is 23.0 Å². The molecule has 1 amide bonds. The molecule has 1 N–H and O–H groups in total. The summed E-state index contributed by atoms with van der Waals surface area (Å²) in [5.74, 6) is -0.393. The molecule has 0 radical (unpaired) electrons. The number of Topliss-reactive ketones (excluding diaryl/α,β-unsaturated/α-hetero) is 1. The van der Waals surface area contributed by atoms with Crippen molar-refractivity contribution >= 4 is 29.1 Å². The highest BCUT2D eigenvalue weighted by atomic mass is 35.5. The number of halogens is 1.